The van der Waals surface area contributed by atoms with Crippen LogP contribution < -0.4 is 5.32 Å². The van der Waals surface area contributed by atoms with Crippen molar-refractivity contribution < 1.29 is 0 Å². The molecule has 0 bridgehead atoms. The summed E-state index contributed by atoms with van der Waals surface area (Å²) < 4.78 is 0. The molecule has 0 radical (unpaired) electrons. The summed E-state index contributed by atoms with van der Waals surface area (Å²) in [5, 5.41) is 8.30. The van der Waals surface area contributed by atoms with Crippen molar-refractivity contribution in [1.82, 2.24) is 9.97 Å². The summed E-state index contributed by atoms with van der Waals surface area (Å²) in [6.45, 7) is 4.36. The number of rotatable bonds is 1. The Bertz CT molecular complexity index is 996. The lowest BCUT2D eigenvalue weighted by molar-refractivity contribution is 1.35. The van der Waals surface area contributed by atoms with Gasteiger partial charge in [0.05, 0.1) is 5.52 Å². The van der Waals surface area contributed by atoms with Crippen molar-refractivity contribution in [2.24, 2.45) is 0 Å². The topological polar surface area (TPSA) is 40.7 Å². The van der Waals surface area contributed by atoms with E-state index in [9.17, 15) is 0 Å². The molecule has 0 saturated carbocycles. The van der Waals surface area contributed by atoms with Gasteiger partial charge in [-0.2, -0.15) is 0 Å². The summed E-state index contributed by atoms with van der Waals surface area (Å²) in [4.78, 5) is 7.88. The standard InChI is InChI=1S/C18H17N3/c1-10-15-9-20-7-6-13(15)11(2)18-17(10)14-8-12(19-3)4-5-16(14)21-18/h4-9,19,21H,1-3H3. The van der Waals surface area contributed by atoms with Gasteiger partial charge in [-0.05, 0) is 54.6 Å². The number of hydrogen-bond acceptors (Lipinski definition) is 2. The first-order valence-corrected chi connectivity index (χ1v) is 7.17. The van der Waals surface area contributed by atoms with Crippen molar-refractivity contribution >= 4 is 38.3 Å². The van der Waals surface area contributed by atoms with Crippen LogP contribution in [0.4, 0.5) is 5.69 Å². The zero-order chi connectivity index (χ0) is 14.6. The van der Waals surface area contributed by atoms with Gasteiger partial charge < -0.3 is 10.3 Å². The minimum absolute atomic E-state index is 1.13. The Morgan fingerprint density at radius 2 is 1.86 bits per heavy atom. The van der Waals surface area contributed by atoms with Crippen LogP contribution in [0.3, 0.4) is 0 Å². The van der Waals surface area contributed by atoms with Crippen molar-refractivity contribution in [3.8, 4) is 0 Å². The van der Waals surface area contributed by atoms with Crippen molar-refractivity contribution in [1.29, 1.82) is 0 Å². The van der Waals surface area contributed by atoms with Crippen LogP contribution in [0, 0.1) is 13.8 Å². The van der Waals surface area contributed by atoms with E-state index in [4.69, 9.17) is 0 Å². The zero-order valence-electron chi connectivity index (χ0n) is 12.4. The molecule has 0 fully saturated rings. The maximum absolute atomic E-state index is 4.30. The Kier molecular flexibility index (Phi) is 2.45. The second-order valence-corrected chi connectivity index (χ2v) is 5.56. The van der Waals surface area contributed by atoms with E-state index in [1.165, 1.54) is 43.7 Å². The van der Waals surface area contributed by atoms with Crippen LogP contribution in [0.1, 0.15) is 11.1 Å². The van der Waals surface area contributed by atoms with Crippen molar-refractivity contribution in [2.45, 2.75) is 13.8 Å². The molecule has 0 spiro atoms. The lowest BCUT2D eigenvalue weighted by Gasteiger charge is -2.08. The number of pyridine rings is 1. The molecule has 0 atom stereocenters. The highest BCUT2D eigenvalue weighted by Crippen LogP contribution is 2.36. The highest BCUT2D eigenvalue weighted by Gasteiger charge is 2.14. The van der Waals surface area contributed by atoms with Crippen molar-refractivity contribution in [2.75, 3.05) is 12.4 Å². The van der Waals surface area contributed by atoms with Gasteiger partial charge in [-0.1, -0.05) is 0 Å². The van der Waals surface area contributed by atoms with Gasteiger partial charge >= 0.3 is 0 Å². The smallest absolute Gasteiger partial charge is 0.0503 e. The Morgan fingerprint density at radius 1 is 1.00 bits per heavy atom. The number of H-pyrrole nitrogens is 1. The third-order valence-electron chi connectivity index (χ3n) is 4.47. The van der Waals surface area contributed by atoms with Crippen molar-refractivity contribution in [3.05, 3.63) is 47.8 Å². The minimum Gasteiger partial charge on any atom is -0.388 e. The normalized spacial score (nSPS) is 11.6. The van der Waals surface area contributed by atoms with E-state index in [0.717, 1.165) is 5.69 Å². The van der Waals surface area contributed by atoms with Crippen LogP contribution >= 0.6 is 0 Å². The van der Waals surface area contributed by atoms with E-state index in [-0.39, 0.29) is 0 Å². The van der Waals surface area contributed by atoms with Crippen LogP contribution in [0.5, 0.6) is 0 Å². The molecular weight excluding hydrogens is 258 g/mol. The van der Waals surface area contributed by atoms with Gasteiger partial charge in [0.2, 0.25) is 0 Å². The first-order valence-electron chi connectivity index (χ1n) is 7.17. The molecule has 0 aliphatic heterocycles. The van der Waals surface area contributed by atoms with Crippen LogP contribution in [-0.2, 0) is 0 Å². The molecule has 2 heterocycles. The van der Waals surface area contributed by atoms with Gasteiger partial charge in [0, 0.05) is 46.8 Å². The fourth-order valence-electron chi connectivity index (χ4n) is 3.31. The number of nitrogens with one attached hydrogen (secondary N) is 2. The lowest BCUT2D eigenvalue weighted by atomic mass is 9.97. The molecule has 0 aliphatic rings. The number of nitrogens with zero attached hydrogens (tertiary/aromatic N) is 1. The largest absolute Gasteiger partial charge is 0.388 e. The highest BCUT2D eigenvalue weighted by atomic mass is 14.8. The Labute approximate surface area is 123 Å². The number of hydrogen-bond donors (Lipinski definition) is 2. The average Bonchev–Trinajstić information content (AvgIpc) is 2.91. The van der Waals surface area contributed by atoms with Crippen LogP contribution in [0.15, 0.2) is 36.7 Å². The molecule has 0 aliphatic carbocycles. The number of benzene rings is 2. The van der Waals surface area contributed by atoms with E-state index in [0.29, 0.717) is 0 Å². The molecule has 21 heavy (non-hydrogen) atoms. The van der Waals surface area contributed by atoms with Gasteiger partial charge in [-0.15, -0.1) is 0 Å². The number of aromatic amines is 1. The second-order valence-electron chi connectivity index (χ2n) is 5.56. The van der Waals surface area contributed by atoms with Crippen molar-refractivity contribution in [3.63, 3.8) is 0 Å². The predicted molar refractivity (Wildman–Crippen MR) is 90.1 cm³/mol. The maximum Gasteiger partial charge on any atom is 0.0503 e. The first-order chi connectivity index (χ1) is 10.2. The summed E-state index contributed by atoms with van der Waals surface area (Å²) in [5.41, 5.74) is 6.12. The number of aryl methyl sites for hydroxylation is 2. The maximum atomic E-state index is 4.30. The van der Waals surface area contributed by atoms with Crippen LogP contribution in [0.2, 0.25) is 0 Å². The van der Waals surface area contributed by atoms with Gasteiger partial charge in [-0.25, -0.2) is 0 Å². The molecule has 3 heteroatoms. The fraction of sp³-hybridized carbons (Fsp3) is 0.167. The molecule has 0 unspecified atom stereocenters. The third-order valence-corrected chi connectivity index (χ3v) is 4.47. The third kappa shape index (κ3) is 1.57. The molecule has 2 N–H and O–H groups in total. The number of anilines is 1. The molecule has 104 valence electrons. The van der Waals surface area contributed by atoms with Gasteiger partial charge in [0.15, 0.2) is 0 Å². The summed E-state index contributed by atoms with van der Waals surface area (Å²) in [7, 11) is 1.95. The molecular formula is C18H17N3. The molecule has 0 saturated heterocycles. The number of aromatic nitrogens is 2. The average molecular weight is 275 g/mol. The van der Waals surface area contributed by atoms with E-state index in [2.05, 4.69) is 53.4 Å². The minimum atomic E-state index is 1.13. The van der Waals surface area contributed by atoms with E-state index < -0.39 is 0 Å². The summed E-state index contributed by atoms with van der Waals surface area (Å²) in [6.07, 6.45) is 3.83. The summed E-state index contributed by atoms with van der Waals surface area (Å²) in [6, 6.07) is 8.55. The Hall–Kier alpha value is -2.55. The second kappa shape index (κ2) is 4.22. The Morgan fingerprint density at radius 3 is 2.67 bits per heavy atom. The van der Waals surface area contributed by atoms with E-state index >= 15 is 0 Å². The molecule has 0 amide bonds. The Balaban J connectivity index is 2.29. The summed E-state index contributed by atoms with van der Waals surface area (Å²) >= 11 is 0. The van der Waals surface area contributed by atoms with E-state index in [1.807, 2.05) is 19.4 Å². The lowest BCUT2D eigenvalue weighted by Crippen LogP contribution is -1.88. The van der Waals surface area contributed by atoms with Crippen LogP contribution in [-0.4, -0.2) is 17.0 Å². The molecule has 4 rings (SSSR count). The molecule has 2 aromatic heterocycles. The molecule has 2 aromatic carbocycles. The molecule has 3 nitrogen and oxygen atoms in total. The fourth-order valence-corrected chi connectivity index (χ4v) is 3.31. The van der Waals surface area contributed by atoms with Gasteiger partial charge in [-0.3, -0.25) is 4.98 Å². The molecule has 4 aromatic rings. The first kappa shape index (κ1) is 12.2. The zero-order valence-corrected chi connectivity index (χ0v) is 12.4. The summed E-state index contributed by atoms with van der Waals surface area (Å²) in [5.74, 6) is 0. The van der Waals surface area contributed by atoms with Crippen LogP contribution in [0.25, 0.3) is 32.6 Å². The SMILES string of the molecule is CNc1ccc2[nH]c3c(C)c4ccncc4c(C)c3c2c1. The van der Waals surface area contributed by atoms with Gasteiger partial charge in [0.1, 0.15) is 0 Å². The van der Waals surface area contributed by atoms with Gasteiger partial charge in [0.25, 0.3) is 0 Å². The number of fused-ring (bicyclic) bond motifs is 4. The van der Waals surface area contributed by atoms with E-state index in [1.54, 1.807) is 0 Å². The predicted octanol–water partition coefficient (Wildman–Crippen LogP) is 4.53. The monoisotopic (exact) mass is 275 g/mol. The highest BCUT2D eigenvalue weighted by molar-refractivity contribution is 6.16. The quantitative estimate of drug-likeness (QED) is 0.536.